The molecule has 30 heavy (non-hydrogen) atoms. The summed E-state index contributed by atoms with van der Waals surface area (Å²) in [4.78, 5) is 15.2. The molecule has 0 aliphatic carbocycles. The van der Waals surface area contributed by atoms with Crippen LogP contribution >= 0.6 is 0 Å². The second kappa shape index (κ2) is 10.4. The SMILES string of the molecule is CCOC(=O)C(C)(C#Cc1ccccc1)N(Cc1ccccc1)Cc1ccccc1. The van der Waals surface area contributed by atoms with E-state index in [0.717, 1.165) is 16.7 Å². The van der Waals surface area contributed by atoms with Crippen LogP contribution < -0.4 is 0 Å². The van der Waals surface area contributed by atoms with E-state index in [2.05, 4.69) is 41.0 Å². The molecule has 0 saturated heterocycles. The number of ether oxygens (including phenoxy) is 1. The van der Waals surface area contributed by atoms with Crippen molar-refractivity contribution in [1.82, 2.24) is 4.90 Å². The lowest BCUT2D eigenvalue weighted by atomic mass is 9.97. The van der Waals surface area contributed by atoms with E-state index < -0.39 is 5.54 Å². The first-order chi connectivity index (χ1) is 14.6. The summed E-state index contributed by atoms with van der Waals surface area (Å²) in [5.74, 6) is 6.09. The Morgan fingerprint density at radius 1 is 0.833 bits per heavy atom. The number of benzene rings is 3. The van der Waals surface area contributed by atoms with Crippen LogP contribution in [0.25, 0.3) is 0 Å². The van der Waals surface area contributed by atoms with Crippen LogP contribution in [0, 0.1) is 11.8 Å². The normalized spacial score (nSPS) is 12.5. The lowest BCUT2D eigenvalue weighted by Crippen LogP contribution is -2.51. The smallest absolute Gasteiger partial charge is 0.338 e. The second-order valence-electron chi connectivity index (χ2n) is 7.24. The van der Waals surface area contributed by atoms with Gasteiger partial charge in [0.05, 0.1) is 6.61 Å². The Kier molecular flexibility index (Phi) is 7.43. The van der Waals surface area contributed by atoms with Crippen LogP contribution in [0.5, 0.6) is 0 Å². The molecule has 0 N–H and O–H groups in total. The fraction of sp³-hybridized carbons (Fsp3) is 0.222. The number of rotatable bonds is 7. The van der Waals surface area contributed by atoms with E-state index in [0.29, 0.717) is 19.7 Å². The van der Waals surface area contributed by atoms with Crippen molar-refractivity contribution in [3.05, 3.63) is 108 Å². The summed E-state index contributed by atoms with van der Waals surface area (Å²) in [5, 5.41) is 0. The molecule has 0 aliphatic rings. The molecule has 3 nitrogen and oxygen atoms in total. The summed E-state index contributed by atoms with van der Waals surface area (Å²) in [5.41, 5.74) is 2.00. The van der Waals surface area contributed by atoms with Crippen molar-refractivity contribution in [2.75, 3.05) is 6.61 Å². The van der Waals surface area contributed by atoms with Crippen LogP contribution in [0.3, 0.4) is 0 Å². The fourth-order valence-corrected chi connectivity index (χ4v) is 3.23. The van der Waals surface area contributed by atoms with Gasteiger partial charge in [-0.05, 0) is 37.1 Å². The van der Waals surface area contributed by atoms with Gasteiger partial charge in [-0.3, -0.25) is 4.90 Å². The average Bonchev–Trinajstić information content (AvgIpc) is 2.79. The largest absolute Gasteiger partial charge is 0.464 e. The van der Waals surface area contributed by atoms with Crippen molar-refractivity contribution in [3.8, 4) is 11.8 Å². The minimum Gasteiger partial charge on any atom is -0.464 e. The van der Waals surface area contributed by atoms with E-state index in [1.807, 2.05) is 80.6 Å². The standard InChI is InChI=1S/C27H27NO2/c1-3-30-26(29)27(2,20-19-23-13-7-4-8-14-23)28(21-24-15-9-5-10-16-24)22-25-17-11-6-12-18-25/h4-18H,3,21-22H2,1-2H3. The van der Waals surface area contributed by atoms with Gasteiger partial charge in [0.2, 0.25) is 0 Å². The van der Waals surface area contributed by atoms with Crippen molar-refractivity contribution in [1.29, 1.82) is 0 Å². The lowest BCUT2D eigenvalue weighted by molar-refractivity contribution is -0.153. The van der Waals surface area contributed by atoms with Crippen LogP contribution in [0.4, 0.5) is 0 Å². The fourth-order valence-electron chi connectivity index (χ4n) is 3.23. The zero-order chi connectivity index (χ0) is 21.2. The Bertz CT molecular complexity index is 949. The first-order valence-electron chi connectivity index (χ1n) is 10.2. The van der Waals surface area contributed by atoms with Gasteiger partial charge in [0, 0.05) is 18.7 Å². The van der Waals surface area contributed by atoms with Crippen LogP contribution in [0.2, 0.25) is 0 Å². The third-order valence-electron chi connectivity index (χ3n) is 4.96. The first kappa shape index (κ1) is 21.4. The van der Waals surface area contributed by atoms with Gasteiger partial charge in [-0.15, -0.1) is 0 Å². The predicted molar refractivity (Wildman–Crippen MR) is 120 cm³/mol. The third-order valence-corrected chi connectivity index (χ3v) is 4.96. The molecular weight excluding hydrogens is 370 g/mol. The lowest BCUT2D eigenvalue weighted by Gasteiger charge is -2.35. The van der Waals surface area contributed by atoms with Gasteiger partial charge in [0.25, 0.3) is 0 Å². The molecule has 3 heteroatoms. The molecule has 152 valence electrons. The number of hydrogen-bond donors (Lipinski definition) is 0. The van der Waals surface area contributed by atoms with Crippen molar-refractivity contribution in [3.63, 3.8) is 0 Å². The third kappa shape index (κ3) is 5.59. The monoisotopic (exact) mass is 397 g/mol. The highest BCUT2D eigenvalue weighted by molar-refractivity contribution is 5.84. The maximum atomic E-state index is 13.1. The molecule has 0 spiro atoms. The molecule has 0 aliphatic heterocycles. The zero-order valence-electron chi connectivity index (χ0n) is 17.5. The zero-order valence-corrected chi connectivity index (χ0v) is 17.5. The molecule has 0 radical (unpaired) electrons. The Balaban J connectivity index is 2.02. The molecule has 3 aromatic carbocycles. The summed E-state index contributed by atoms with van der Waals surface area (Å²) < 4.78 is 5.47. The number of carbonyl (C=O) groups is 1. The van der Waals surface area contributed by atoms with Gasteiger partial charge in [-0.2, -0.15) is 0 Å². The Hall–Kier alpha value is -3.35. The average molecular weight is 398 g/mol. The highest BCUT2D eigenvalue weighted by atomic mass is 16.5. The van der Waals surface area contributed by atoms with Gasteiger partial charge >= 0.3 is 5.97 Å². The van der Waals surface area contributed by atoms with Gasteiger partial charge in [-0.25, -0.2) is 4.79 Å². The van der Waals surface area contributed by atoms with E-state index in [1.54, 1.807) is 0 Å². The first-order valence-corrected chi connectivity index (χ1v) is 10.2. The summed E-state index contributed by atoms with van der Waals surface area (Å²) in [6.45, 7) is 5.14. The highest BCUT2D eigenvalue weighted by Gasteiger charge is 2.39. The van der Waals surface area contributed by atoms with Crippen LogP contribution in [-0.2, 0) is 22.6 Å². The molecule has 0 heterocycles. The molecule has 3 rings (SSSR count). The molecule has 0 fully saturated rings. The Labute approximate surface area is 179 Å². The molecule has 1 atom stereocenters. The summed E-state index contributed by atoms with van der Waals surface area (Å²) in [7, 11) is 0. The molecule has 0 amide bonds. The predicted octanol–water partition coefficient (Wildman–Crippen LogP) is 5.06. The molecule has 0 saturated carbocycles. The minimum absolute atomic E-state index is 0.311. The van der Waals surface area contributed by atoms with Crippen LogP contribution in [0.15, 0.2) is 91.0 Å². The number of carbonyl (C=O) groups excluding carboxylic acids is 1. The van der Waals surface area contributed by atoms with E-state index in [4.69, 9.17) is 4.74 Å². The van der Waals surface area contributed by atoms with Gasteiger partial charge in [0.1, 0.15) is 0 Å². The molecule has 3 aromatic rings. The molecule has 1 unspecified atom stereocenters. The molecular formula is C27H27NO2. The van der Waals surface area contributed by atoms with Crippen molar-refractivity contribution in [2.24, 2.45) is 0 Å². The van der Waals surface area contributed by atoms with Crippen molar-refractivity contribution < 1.29 is 9.53 Å². The molecule has 0 aromatic heterocycles. The number of hydrogen-bond acceptors (Lipinski definition) is 3. The summed E-state index contributed by atoms with van der Waals surface area (Å²) in [6.07, 6.45) is 0. The molecule has 0 bridgehead atoms. The summed E-state index contributed by atoms with van der Waals surface area (Å²) >= 11 is 0. The maximum Gasteiger partial charge on any atom is 0.338 e. The summed E-state index contributed by atoms with van der Waals surface area (Å²) in [6, 6.07) is 30.0. The van der Waals surface area contributed by atoms with E-state index in [9.17, 15) is 4.79 Å². The second-order valence-corrected chi connectivity index (χ2v) is 7.24. The van der Waals surface area contributed by atoms with Crippen molar-refractivity contribution >= 4 is 5.97 Å². The maximum absolute atomic E-state index is 13.1. The topological polar surface area (TPSA) is 29.5 Å². The van der Waals surface area contributed by atoms with Crippen LogP contribution in [-0.4, -0.2) is 23.0 Å². The van der Waals surface area contributed by atoms with Gasteiger partial charge in [-0.1, -0.05) is 90.7 Å². The van der Waals surface area contributed by atoms with Crippen molar-refractivity contribution in [2.45, 2.75) is 32.5 Å². The van der Waals surface area contributed by atoms with Crippen LogP contribution in [0.1, 0.15) is 30.5 Å². The Morgan fingerprint density at radius 3 is 1.77 bits per heavy atom. The van der Waals surface area contributed by atoms with E-state index in [1.165, 1.54) is 0 Å². The van der Waals surface area contributed by atoms with Gasteiger partial charge < -0.3 is 4.74 Å². The number of esters is 1. The quantitative estimate of drug-likeness (QED) is 0.412. The number of nitrogens with zero attached hydrogens (tertiary/aromatic N) is 1. The minimum atomic E-state index is -1.10. The van der Waals surface area contributed by atoms with E-state index >= 15 is 0 Å². The Morgan fingerprint density at radius 2 is 1.30 bits per heavy atom. The van der Waals surface area contributed by atoms with E-state index in [-0.39, 0.29) is 5.97 Å². The highest BCUT2D eigenvalue weighted by Crippen LogP contribution is 2.23. The van der Waals surface area contributed by atoms with Gasteiger partial charge in [0.15, 0.2) is 5.54 Å².